The van der Waals surface area contributed by atoms with Crippen LogP contribution in [0, 0.1) is 5.41 Å². The summed E-state index contributed by atoms with van der Waals surface area (Å²) in [5.41, 5.74) is 3.85. The van der Waals surface area contributed by atoms with Gasteiger partial charge < -0.3 is 14.2 Å². The molecule has 1 aliphatic heterocycles. The van der Waals surface area contributed by atoms with Crippen LogP contribution in [0.2, 0.25) is 13.1 Å². The smallest absolute Gasteiger partial charge is 0.338 e. The molecule has 0 amide bonds. The molecule has 1 heterocycles. The summed E-state index contributed by atoms with van der Waals surface area (Å²) in [5, 5.41) is 2.58. The molecule has 2 aromatic carbocycles. The highest BCUT2D eigenvalue weighted by molar-refractivity contribution is 6.48. The molecule has 0 fully saturated rings. The summed E-state index contributed by atoms with van der Waals surface area (Å²) in [7, 11) is -0.0206. The summed E-state index contributed by atoms with van der Waals surface area (Å²) < 4.78 is 11.4. The third kappa shape index (κ3) is 6.31. The number of nitrogens with zero attached hydrogens (tertiary/aromatic N) is 2. The standard InChI is InChI=1S/C30H41ClN2O3Si/c1-9-10-13-20-30(5)32(26(29(2,3)4)27(31)33(30)36-37(7)8)21-22-16-18-23(19-17-22)24-14-11-12-15-25(24)28(34)35-6/h11-20,37H,9-10,21H2,1-8H3. The Balaban J connectivity index is 2.02. The van der Waals surface area contributed by atoms with Gasteiger partial charge in [0.1, 0.15) is 0 Å². The van der Waals surface area contributed by atoms with Crippen LogP contribution in [0.4, 0.5) is 0 Å². The van der Waals surface area contributed by atoms with Crippen molar-refractivity contribution in [2.45, 2.75) is 72.8 Å². The van der Waals surface area contributed by atoms with Gasteiger partial charge in [0.05, 0.1) is 18.4 Å². The quantitative estimate of drug-likeness (QED) is 0.141. The highest BCUT2D eigenvalue weighted by atomic mass is 35.5. The van der Waals surface area contributed by atoms with E-state index in [1.807, 2.05) is 23.3 Å². The number of ether oxygens (including phenoxy) is 1. The molecule has 0 spiro atoms. The lowest BCUT2D eigenvalue weighted by molar-refractivity contribution is -0.119. The van der Waals surface area contributed by atoms with Gasteiger partial charge >= 0.3 is 5.97 Å². The van der Waals surface area contributed by atoms with Gasteiger partial charge in [-0.1, -0.05) is 94.3 Å². The molecule has 1 unspecified atom stereocenters. The summed E-state index contributed by atoms with van der Waals surface area (Å²) in [4.78, 5) is 14.7. The fourth-order valence-corrected chi connectivity index (χ4v) is 6.09. The minimum Gasteiger partial charge on any atom is -0.465 e. The normalized spacial score (nSPS) is 18.4. The summed E-state index contributed by atoms with van der Waals surface area (Å²) in [5.74, 6) is -0.338. The van der Waals surface area contributed by atoms with Crippen molar-refractivity contribution >= 4 is 26.6 Å². The predicted molar refractivity (Wildman–Crippen MR) is 155 cm³/mol. The molecule has 0 saturated heterocycles. The fraction of sp³-hybridized carbons (Fsp3) is 0.433. The summed E-state index contributed by atoms with van der Waals surface area (Å²) in [6.45, 7) is 15.9. The van der Waals surface area contributed by atoms with Crippen molar-refractivity contribution in [3.8, 4) is 11.1 Å². The first kappa shape index (κ1) is 29.0. The van der Waals surface area contributed by atoms with Crippen molar-refractivity contribution in [3.05, 3.63) is 82.7 Å². The first-order valence-corrected chi connectivity index (χ1v) is 16.2. The van der Waals surface area contributed by atoms with Gasteiger partial charge in [-0.25, -0.2) is 9.86 Å². The van der Waals surface area contributed by atoms with Crippen LogP contribution in [0.15, 0.2) is 71.5 Å². The van der Waals surface area contributed by atoms with Gasteiger partial charge in [0, 0.05) is 12.0 Å². The first-order valence-electron chi connectivity index (χ1n) is 13.0. The summed E-state index contributed by atoms with van der Waals surface area (Å²) in [6.07, 6.45) is 6.53. The molecule has 0 N–H and O–H groups in total. The zero-order valence-corrected chi connectivity index (χ0v) is 25.4. The second kappa shape index (κ2) is 11.9. The fourth-order valence-electron chi connectivity index (χ4n) is 4.69. The largest absolute Gasteiger partial charge is 0.465 e. The SMILES string of the molecule is CCCC=CC1(C)N(Cc2ccc(-c3ccccc3C(=O)OC)cc2)C(C(C)(C)C)=C(Cl)N1O[SiH](C)C. The van der Waals surface area contributed by atoms with E-state index in [-0.39, 0.29) is 11.4 Å². The molecule has 0 aromatic heterocycles. The third-order valence-electron chi connectivity index (χ3n) is 6.45. The lowest BCUT2D eigenvalue weighted by Gasteiger charge is -2.44. The highest BCUT2D eigenvalue weighted by Gasteiger charge is 2.49. The van der Waals surface area contributed by atoms with Crippen LogP contribution in [0.25, 0.3) is 11.1 Å². The van der Waals surface area contributed by atoms with Gasteiger partial charge in [-0.05, 0) is 55.3 Å². The average Bonchev–Trinajstić information content (AvgIpc) is 3.05. The van der Waals surface area contributed by atoms with Gasteiger partial charge in [0.15, 0.2) is 10.8 Å². The van der Waals surface area contributed by atoms with Gasteiger partial charge in [0.2, 0.25) is 9.04 Å². The van der Waals surface area contributed by atoms with Crippen molar-refractivity contribution in [3.63, 3.8) is 0 Å². The summed E-state index contributed by atoms with van der Waals surface area (Å²) >= 11 is 7.08. The van der Waals surface area contributed by atoms with Gasteiger partial charge in [-0.3, -0.25) is 0 Å². The second-order valence-corrected chi connectivity index (χ2v) is 13.6. The number of benzene rings is 2. The van der Waals surface area contributed by atoms with Crippen molar-refractivity contribution in [2.75, 3.05) is 7.11 Å². The Labute approximate surface area is 229 Å². The molecule has 0 radical (unpaired) electrons. The number of esters is 1. The lowest BCUT2D eigenvalue weighted by atomic mass is 9.90. The van der Waals surface area contributed by atoms with Crippen molar-refractivity contribution < 1.29 is 14.1 Å². The Kier molecular flexibility index (Phi) is 9.32. The molecular formula is C30H41ClN2O3Si. The average molecular weight is 541 g/mol. The number of allylic oxidation sites excluding steroid dienone is 2. The Bertz CT molecular complexity index is 1150. The van der Waals surface area contributed by atoms with E-state index in [1.165, 1.54) is 7.11 Å². The van der Waals surface area contributed by atoms with Crippen molar-refractivity contribution in [1.82, 2.24) is 9.96 Å². The number of methoxy groups -OCH3 is 1. The van der Waals surface area contributed by atoms with E-state index < -0.39 is 14.7 Å². The Morgan fingerprint density at radius 1 is 1.11 bits per heavy atom. The number of halogens is 1. The van der Waals surface area contributed by atoms with E-state index in [4.69, 9.17) is 20.9 Å². The van der Waals surface area contributed by atoms with Crippen LogP contribution in [0.1, 0.15) is 63.4 Å². The van der Waals surface area contributed by atoms with E-state index >= 15 is 0 Å². The second-order valence-electron chi connectivity index (χ2n) is 10.9. The molecule has 0 saturated carbocycles. The van der Waals surface area contributed by atoms with Crippen LogP contribution in [0.3, 0.4) is 0 Å². The van der Waals surface area contributed by atoms with Gasteiger partial charge in [-0.15, -0.1) is 0 Å². The molecule has 0 bridgehead atoms. The molecule has 7 heteroatoms. The monoisotopic (exact) mass is 540 g/mol. The molecule has 2 aromatic rings. The Morgan fingerprint density at radius 2 is 1.76 bits per heavy atom. The third-order valence-corrected chi connectivity index (χ3v) is 7.42. The Morgan fingerprint density at radius 3 is 2.32 bits per heavy atom. The van der Waals surface area contributed by atoms with E-state index in [0.717, 1.165) is 35.2 Å². The number of carbonyl (C=O) groups is 1. The van der Waals surface area contributed by atoms with Crippen LogP contribution < -0.4 is 0 Å². The van der Waals surface area contributed by atoms with Crippen LogP contribution in [-0.2, 0) is 15.8 Å². The maximum absolute atomic E-state index is 12.3. The molecule has 1 aliphatic rings. The van der Waals surface area contributed by atoms with Crippen molar-refractivity contribution in [2.24, 2.45) is 5.41 Å². The summed E-state index contributed by atoms with van der Waals surface area (Å²) in [6, 6.07) is 15.9. The number of hydrogen-bond donors (Lipinski definition) is 0. The molecule has 200 valence electrons. The molecule has 3 rings (SSSR count). The first-order chi connectivity index (χ1) is 17.4. The molecule has 0 aliphatic carbocycles. The number of unbranched alkanes of at least 4 members (excludes halogenated alkanes) is 1. The van der Waals surface area contributed by atoms with Crippen LogP contribution in [0.5, 0.6) is 0 Å². The lowest BCUT2D eigenvalue weighted by Crippen LogP contribution is -2.52. The van der Waals surface area contributed by atoms with Gasteiger partial charge in [-0.2, -0.15) is 0 Å². The molecule has 37 heavy (non-hydrogen) atoms. The maximum Gasteiger partial charge on any atom is 0.338 e. The van der Waals surface area contributed by atoms with E-state index in [1.54, 1.807) is 6.07 Å². The molecule has 5 nitrogen and oxygen atoms in total. The maximum atomic E-state index is 12.3. The van der Waals surface area contributed by atoms with Crippen molar-refractivity contribution in [1.29, 1.82) is 0 Å². The number of rotatable bonds is 9. The van der Waals surface area contributed by atoms with Crippen LogP contribution >= 0.6 is 11.6 Å². The zero-order chi connectivity index (χ0) is 27.4. The Hall–Kier alpha value is -2.54. The number of hydrogen-bond acceptors (Lipinski definition) is 5. The van der Waals surface area contributed by atoms with E-state index in [0.29, 0.717) is 17.3 Å². The minimum atomic E-state index is -1.43. The minimum absolute atomic E-state index is 0.188. The van der Waals surface area contributed by atoms with E-state index in [2.05, 4.69) is 89.0 Å². The molecule has 1 atom stereocenters. The highest BCUT2D eigenvalue weighted by Crippen LogP contribution is 2.48. The topological polar surface area (TPSA) is 42.0 Å². The zero-order valence-electron chi connectivity index (χ0n) is 23.5. The number of hydroxylamine groups is 2. The predicted octanol–water partition coefficient (Wildman–Crippen LogP) is 7.70. The van der Waals surface area contributed by atoms with Gasteiger partial charge in [0.25, 0.3) is 0 Å². The van der Waals surface area contributed by atoms with Crippen LogP contribution in [-0.4, -0.2) is 37.7 Å². The van der Waals surface area contributed by atoms with E-state index in [9.17, 15) is 4.79 Å². The number of carbonyl (C=O) groups excluding carboxylic acids is 1. The molecular weight excluding hydrogens is 500 g/mol.